The highest BCUT2D eigenvalue weighted by Crippen LogP contribution is 2.23. The summed E-state index contributed by atoms with van der Waals surface area (Å²) < 4.78 is 10.6. The Kier molecular flexibility index (Phi) is 6.31. The lowest BCUT2D eigenvalue weighted by Gasteiger charge is -2.26. The first-order valence-electron chi connectivity index (χ1n) is 9.77. The summed E-state index contributed by atoms with van der Waals surface area (Å²) in [6.07, 6.45) is 3.82. The third kappa shape index (κ3) is 4.77. The molecule has 0 spiro atoms. The standard InChI is InChI=1S/C20H30N4O3/c1-13-18(15(3)26-22-13)11-24(12-19-14(2)23-27-16(19)4)20(25)6-5-17-7-9-21-10-8-17/h17,21H,5-12H2,1-4H3. The minimum absolute atomic E-state index is 0.161. The van der Waals surface area contributed by atoms with Crippen LogP contribution >= 0.6 is 0 Å². The fraction of sp³-hybridized carbons (Fsp3) is 0.650. The van der Waals surface area contributed by atoms with Gasteiger partial charge in [-0.05, 0) is 66.0 Å². The maximum atomic E-state index is 13.1. The number of carbonyl (C=O) groups is 1. The molecule has 7 heteroatoms. The summed E-state index contributed by atoms with van der Waals surface area (Å²) in [6, 6.07) is 0. The molecular formula is C20H30N4O3. The van der Waals surface area contributed by atoms with Gasteiger partial charge in [0.2, 0.25) is 5.91 Å². The lowest BCUT2D eigenvalue weighted by Crippen LogP contribution is -2.32. The lowest BCUT2D eigenvalue weighted by atomic mass is 9.93. The van der Waals surface area contributed by atoms with Crippen molar-refractivity contribution in [2.75, 3.05) is 13.1 Å². The Morgan fingerprint density at radius 1 is 1.00 bits per heavy atom. The summed E-state index contributed by atoms with van der Waals surface area (Å²) in [4.78, 5) is 15.0. The monoisotopic (exact) mass is 374 g/mol. The fourth-order valence-electron chi connectivity index (χ4n) is 3.73. The predicted molar refractivity (Wildman–Crippen MR) is 101 cm³/mol. The Labute approximate surface area is 160 Å². The van der Waals surface area contributed by atoms with Gasteiger partial charge in [-0.15, -0.1) is 0 Å². The van der Waals surface area contributed by atoms with Gasteiger partial charge in [-0.1, -0.05) is 10.3 Å². The zero-order valence-corrected chi connectivity index (χ0v) is 16.8. The van der Waals surface area contributed by atoms with Gasteiger partial charge in [-0.3, -0.25) is 4.79 Å². The molecule has 0 aromatic carbocycles. The maximum Gasteiger partial charge on any atom is 0.223 e. The van der Waals surface area contributed by atoms with Crippen LogP contribution in [0.1, 0.15) is 59.7 Å². The van der Waals surface area contributed by atoms with E-state index in [2.05, 4.69) is 15.6 Å². The number of aromatic nitrogens is 2. The van der Waals surface area contributed by atoms with E-state index in [4.69, 9.17) is 9.05 Å². The molecule has 0 aliphatic carbocycles. The van der Waals surface area contributed by atoms with Gasteiger partial charge in [-0.2, -0.15) is 0 Å². The third-order valence-electron chi connectivity index (χ3n) is 5.64. The van der Waals surface area contributed by atoms with Crippen LogP contribution in [0.15, 0.2) is 9.05 Å². The number of nitrogens with zero attached hydrogens (tertiary/aromatic N) is 3. The quantitative estimate of drug-likeness (QED) is 0.801. The molecule has 0 atom stereocenters. The number of rotatable bonds is 7. The van der Waals surface area contributed by atoms with Crippen molar-refractivity contribution < 1.29 is 13.8 Å². The summed E-state index contributed by atoms with van der Waals surface area (Å²) in [7, 11) is 0. The van der Waals surface area contributed by atoms with E-state index in [9.17, 15) is 4.79 Å². The maximum absolute atomic E-state index is 13.1. The second kappa shape index (κ2) is 8.69. The van der Waals surface area contributed by atoms with Crippen LogP contribution in [0.25, 0.3) is 0 Å². The zero-order valence-electron chi connectivity index (χ0n) is 16.8. The summed E-state index contributed by atoms with van der Waals surface area (Å²) in [5.41, 5.74) is 3.64. The number of carbonyl (C=O) groups excluding carboxylic acids is 1. The van der Waals surface area contributed by atoms with Crippen LogP contribution in [0.3, 0.4) is 0 Å². The van der Waals surface area contributed by atoms with E-state index in [1.807, 2.05) is 32.6 Å². The summed E-state index contributed by atoms with van der Waals surface area (Å²) in [6.45, 7) is 10.7. The van der Waals surface area contributed by atoms with Gasteiger partial charge in [0.15, 0.2) is 0 Å². The highest BCUT2D eigenvalue weighted by Gasteiger charge is 2.23. The van der Waals surface area contributed by atoms with Crippen LogP contribution in [-0.2, 0) is 17.9 Å². The molecule has 0 radical (unpaired) electrons. The van der Waals surface area contributed by atoms with Crippen LogP contribution in [0.5, 0.6) is 0 Å². The van der Waals surface area contributed by atoms with Gasteiger partial charge in [0.05, 0.1) is 24.5 Å². The molecule has 0 saturated carbocycles. The largest absolute Gasteiger partial charge is 0.361 e. The van der Waals surface area contributed by atoms with Crippen molar-refractivity contribution in [1.29, 1.82) is 0 Å². The topological polar surface area (TPSA) is 84.4 Å². The second-order valence-electron chi connectivity index (χ2n) is 7.59. The molecule has 27 heavy (non-hydrogen) atoms. The molecule has 2 aromatic heterocycles. The average molecular weight is 374 g/mol. The van der Waals surface area contributed by atoms with Gasteiger partial charge in [0.25, 0.3) is 0 Å². The smallest absolute Gasteiger partial charge is 0.223 e. The third-order valence-corrected chi connectivity index (χ3v) is 5.64. The van der Waals surface area contributed by atoms with E-state index >= 15 is 0 Å². The van der Waals surface area contributed by atoms with Crippen molar-refractivity contribution in [2.45, 2.75) is 66.5 Å². The first kappa shape index (κ1) is 19.6. The summed E-state index contributed by atoms with van der Waals surface area (Å²) >= 11 is 0. The molecule has 1 amide bonds. The van der Waals surface area contributed by atoms with Crippen LogP contribution < -0.4 is 5.32 Å². The number of hydrogen-bond acceptors (Lipinski definition) is 6. The molecule has 2 aromatic rings. The number of nitrogens with one attached hydrogen (secondary N) is 1. The molecule has 7 nitrogen and oxygen atoms in total. The summed E-state index contributed by atoms with van der Waals surface area (Å²) in [5.74, 6) is 2.33. The van der Waals surface area contributed by atoms with Gasteiger partial charge in [0, 0.05) is 17.5 Å². The van der Waals surface area contributed by atoms with Crippen molar-refractivity contribution in [2.24, 2.45) is 5.92 Å². The molecule has 1 aliphatic heterocycles. The Morgan fingerprint density at radius 2 is 1.52 bits per heavy atom. The minimum Gasteiger partial charge on any atom is -0.361 e. The average Bonchev–Trinajstić information content (AvgIpc) is 3.16. The Bertz CT molecular complexity index is 687. The van der Waals surface area contributed by atoms with Crippen molar-refractivity contribution in [1.82, 2.24) is 20.5 Å². The molecule has 1 saturated heterocycles. The van der Waals surface area contributed by atoms with Crippen molar-refractivity contribution in [3.8, 4) is 0 Å². The van der Waals surface area contributed by atoms with Crippen molar-refractivity contribution in [3.05, 3.63) is 34.0 Å². The second-order valence-corrected chi connectivity index (χ2v) is 7.59. The van der Waals surface area contributed by atoms with Gasteiger partial charge >= 0.3 is 0 Å². The molecular weight excluding hydrogens is 344 g/mol. The number of amides is 1. The van der Waals surface area contributed by atoms with E-state index in [1.54, 1.807) is 0 Å². The molecule has 3 heterocycles. The number of aryl methyl sites for hydroxylation is 4. The van der Waals surface area contributed by atoms with Crippen LogP contribution in [-0.4, -0.2) is 34.2 Å². The Balaban J connectivity index is 1.72. The molecule has 1 N–H and O–H groups in total. The van der Waals surface area contributed by atoms with E-state index < -0.39 is 0 Å². The van der Waals surface area contributed by atoms with Crippen LogP contribution in [0, 0.1) is 33.6 Å². The Hall–Kier alpha value is -2.15. The predicted octanol–water partition coefficient (Wildman–Crippen LogP) is 3.20. The van der Waals surface area contributed by atoms with E-state index in [0.717, 1.165) is 66.4 Å². The van der Waals surface area contributed by atoms with E-state index in [-0.39, 0.29) is 5.91 Å². The highest BCUT2D eigenvalue weighted by molar-refractivity contribution is 5.76. The molecule has 1 aliphatic rings. The molecule has 0 bridgehead atoms. The number of piperidine rings is 1. The normalized spacial score (nSPS) is 15.3. The fourth-order valence-corrected chi connectivity index (χ4v) is 3.73. The zero-order chi connectivity index (χ0) is 19.4. The molecule has 1 fully saturated rings. The lowest BCUT2D eigenvalue weighted by molar-refractivity contribution is -0.132. The highest BCUT2D eigenvalue weighted by atomic mass is 16.5. The van der Waals surface area contributed by atoms with Gasteiger partial charge in [0.1, 0.15) is 11.5 Å². The Morgan fingerprint density at radius 3 is 1.96 bits per heavy atom. The van der Waals surface area contributed by atoms with Gasteiger partial charge < -0.3 is 19.3 Å². The van der Waals surface area contributed by atoms with Gasteiger partial charge in [-0.25, -0.2) is 0 Å². The van der Waals surface area contributed by atoms with E-state index in [0.29, 0.717) is 25.4 Å². The van der Waals surface area contributed by atoms with Crippen LogP contribution in [0.4, 0.5) is 0 Å². The van der Waals surface area contributed by atoms with Crippen LogP contribution in [0.2, 0.25) is 0 Å². The van der Waals surface area contributed by atoms with E-state index in [1.165, 1.54) is 0 Å². The first-order valence-corrected chi connectivity index (χ1v) is 9.77. The minimum atomic E-state index is 0.161. The first-order chi connectivity index (χ1) is 13.0. The molecule has 3 rings (SSSR count). The molecule has 148 valence electrons. The van der Waals surface area contributed by atoms with Crippen molar-refractivity contribution in [3.63, 3.8) is 0 Å². The molecule has 0 unspecified atom stereocenters. The summed E-state index contributed by atoms with van der Waals surface area (Å²) in [5, 5.41) is 11.4. The SMILES string of the molecule is Cc1noc(C)c1CN(Cc1c(C)noc1C)C(=O)CCC1CCNCC1. The van der Waals surface area contributed by atoms with Crippen molar-refractivity contribution >= 4 is 5.91 Å². The number of hydrogen-bond donors (Lipinski definition) is 1.